The molecule has 0 fully saturated rings. The van der Waals surface area contributed by atoms with Gasteiger partial charge < -0.3 is 15.4 Å². The van der Waals surface area contributed by atoms with Crippen molar-refractivity contribution in [2.24, 2.45) is 0 Å². The molecule has 0 atom stereocenters. The first kappa shape index (κ1) is 17.4. The van der Waals surface area contributed by atoms with Crippen LogP contribution in [0.15, 0.2) is 66.7 Å². The van der Waals surface area contributed by atoms with Crippen molar-refractivity contribution in [3.63, 3.8) is 0 Å². The number of methoxy groups -OCH3 is 1. The van der Waals surface area contributed by atoms with Crippen molar-refractivity contribution in [3.8, 4) is 22.9 Å². The number of nitrogens with zero attached hydrogens (tertiary/aromatic N) is 1. The van der Waals surface area contributed by atoms with Crippen molar-refractivity contribution in [1.29, 1.82) is 5.26 Å². The summed E-state index contributed by atoms with van der Waals surface area (Å²) in [6.45, 7) is 0.715. The molecule has 4 nitrogen and oxygen atoms in total. The zero-order chi connectivity index (χ0) is 18.4. The third-order valence-corrected chi connectivity index (χ3v) is 4.29. The van der Waals surface area contributed by atoms with E-state index in [9.17, 15) is 5.26 Å². The molecule has 0 aliphatic rings. The van der Waals surface area contributed by atoms with Crippen LogP contribution < -0.4 is 15.4 Å². The molecule has 0 spiro atoms. The van der Waals surface area contributed by atoms with Gasteiger partial charge in [0.25, 0.3) is 0 Å². The van der Waals surface area contributed by atoms with E-state index >= 15 is 0 Å². The van der Waals surface area contributed by atoms with Gasteiger partial charge in [-0.25, -0.2) is 0 Å². The maximum absolute atomic E-state index is 9.32. The molecule has 130 valence electrons. The van der Waals surface area contributed by atoms with Crippen LogP contribution in [0.5, 0.6) is 5.75 Å². The maximum Gasteiger partial charge on any atom is 0.118 e. The fourth-order valence-electron chi connectivity index (χ4n) is 2.85. The average Bonchev–Trinajstić information content (AvgIpc) is 2.72. The first-order chi connectivity index (χ1) is 12.7. The lowest BCUT2D eigenvalue weighted by Crippen LogP contribution is -2.03. The predicted molar refractivity (Wildman–Crippen MR) is 106 cm³/mol. The molecule has 0 aromatic heterocycles. The Hall–Kier alpha value is -3.45. The van der Waals surface area contributed by atoms with Crippen LogP contribution in [0.25, 0.3) is 11.1 Å². The van der Waals surface area contributed by atoms with Crippen LogP contribution in [0.1, 0.15) is 11.1 Å². The molecule has 0 heterocycles. The molecule has 0 saturated heterocycles. The van der Waals surface area contributed by atoms with Gasteiger partial charge in [0, 0.05) is 13.6 Å². The van der Waals surface area contributed by atoms with Crippen LogP contribution >= 0.6 is 0 Å². The summed E-state index contributed by atoms with van der Waals surface area (Å²) in [6, 6.07) is 24.0. The van der Waals surface area contributed by atoms with E-state index in [4.69, 9.17) is 4.74 Å². The van der Waals surface area contributed by atoms with E-state index in [0.717, 1.165) is 28.3 Å². The summed E-state index contributed by atoms with van der Waals surface area (Å²) in [7, 11) is 3.56. The van der Waals surface area contributed by atoms with Gasteiger partial charge in [0.15, 0.2) is 0 Å². The van der Waals surface area contributed by atoms with Gasteiger partial charge in [-0.05, 0) is 47.0 Å². The highest BCUT2D eigenvalue weighted by Crippen LogP contribution is 2.31. The van der Waals surface area contributed by atoms with Crippen molar-refractivity contribution >= 4 is 11.4 Å². The lowest BCUT2D eigenvalue weighted by Gasteiger charge is -2.14. The summed E-state index contributed by atoms with van der Waals surface area (Å²) in [5, 5.41) is 16.0. The minimum absolute atomic E-state index is 0.675. The van der Waals surface area contributed by atoms with Crippen molar-refractivity contribution in [2.45, 2.75) is 6.54 Å². The topological polar surface area (TPSA) is 57.1 Å². The van der Waals surface area contributed by atoms with E-state index in [1.54, 1.807) is 7.11 Å². The first-order valence-corrected chi connectivity index (χ1v) is 8.43. The largest absolute Gasteiger partial charge is 0.497 e. The Labute approximate surface area is 154 Å². The van der Waals surface area contributed by atoms with Gasteiger partial charge in [-0.2, -0.15) is 5.26 Å². The second kappa shape index (κ2) is 8.09. The molecule has 0 bridgehead atoms. The molecule has 0 aliphatic carbocycles. The van der Waals surface area contributed by atoms with Crippen LogP contribution in [0.2, 0.25) is 0 Å². The van der Waals surface area contributed by atoms with Crippen LogP contribution in [-0.2, 0) is 6.54 Å². The van der Waals surface area contributed by atoms with Gasteiger partial charge >= 0.3 is 0 Å². The van der Waals surface area contributed by atoms with E-state index in [0.29, 0.717) is 12.1 Å². The van der Waals surface area contributed by atoms with Gasteiger partial charge in [0.2, 0.25) is 0 Å². The number of rotatable bonds is 6. The van der Waals surface area contributed by atoms with Gasteiger partial charge in [0.1, 0.15) is 5.75 Å². The summed E-state index contributed by atoms with van der Waals surface area (Å²) in [5.74, 6) is 0.852. The Morgan fingerprint density at radius 2 is 1.73 bits per heavy atom. The number of hydrogen-bond donors (Lipinski definition) is 2. The number of anilines is 2. The Kier molecular flexibility index (Phi) is 5.40. The van der Waals surface area contributed by atoms with E-state index in [-0.39, 0.29) is 0 Å². The molecule has 26 heavy (non-hydrogen) atoms. The highest BCUT2D eigenvalue weighted by Gasteiger charge is 2.08. The zero-order valence-corrected chi connectivity index (χ0v) is 14.9. The summed E-state index contributed by atoms with van der Waals surface area (Å²) in [4.78, 5) is 0. The Morgan fingerprint density at radius 1 is 0.962 bits per heavy atom. The Morgan fingerprint density at radius 3 is 2.42 bits per heavy atom. The second-order valence-corrected chi connectivity index (χ2v) is 5.87. The van der Waals surface area contributed by atoms with Crippen molar-refractivity contribution in [3.05, 3.63) is 77.9 Å². The SMILES string of the molecule is CNc1cc(-c2ccccc2C#N)ccc1NCc1ccc(OC)cc1. The molecular formula is C22H21N3O. The zero-order valence-electron chi connectivity index (χ0n) is 14.9. The smallest absolute Gasteiger partial charge is 0.118 e. The minimum Gasteiger partial charge on any atom is -0.497 e. The molecule has 4 heteroatoms. The highest BCUT2D eigenvalue weighted by atomic mass is 16.5. The molecule has 3 aromatic carbocycles. The fourth-order valence-corrected chi connectivity index (χ4v) is 2.85. The number of nitrogens with one attached hydrogen (secondary N) is 2. The molecule has 0 radical (unpaired) electrons. The van der Waals surface area contributed by atoms with Crippen molar-refractivity contribution < 1.29 is 4.74 Å². The summed E-state index contributed by atoms with van der Waals surface area (Å²) < 4.78 is 5.19. The Balaban J connectivity index is 1.81. The van der Waals surface area contributed by atoms with Gasteiger partial charge in [-0.3, -0.25) is 0 Å². The van der Waals surface area contributed by atoms with Crippen LogP contribution in [0.3, 0.4) is 0 Å². The fraction of sp³-hybridized carbons (Fsp3) is 0.136. The standard InChI is InChI=1S/C22H21N3O/c1-24-22-13-17(20-6-4-3-5-18(20)14-23)9-12-21(22)25-15-16-7-10-19(26-2)11-8-16/h3-13,24-25H,15H2,1-2H3. The monoisotopic (exact) mass is 343 g/mol. The molecule has 0 amide bonds. The lowest BCUT2D eigenvalue weighted by molar-refractivity contribution is 0.414. The highest BCUT2D eigenvalue weighted by molar-refractivity contribution is 5.79. The normalized spacial score (nSPS) is 10.0. The average molecular weight is 343 g/mol. The molecule has 3 aromatic rings. The van der Waals surface area contributed by atoms with E-state index in [1.807, 2.05) is 67.7 Å². The van der Waals surface area contributed by atoms with Crippen LogP contribution in [0.4, 0.5) is 11.4 Å². The number of ether oxygens (including phenoxy) is 1. The molecular weight excluding hydrogens is 322 g/mol. The summed E-state index contributed by atoms with van der Waals surface area (Å²) in [5.41, 5.74) is 5.81. The number of hydrogen-bond acceptors (Lipinski definition) is 4. The molecule has 0 unspecified atom stereocenters. The van der Waals surface area contributed by atoms with Crippen LogP contribution in [-0.4, -0.2) is 14.2 Å². The number of nitriles is 1. The molecule has 0 aliphatic heterocycles. The third kappa shape index (κ3) is 3.79. The van der Waals surface area contributed by atoms with E-state index in [2.05, 4.69) is 22.8 Å². The molecule has 3 rings (SSSR count). The number of benzene rings is 3. The lowest BCUT2D eigenvalue weighted by atomic mass is 9.99. The van der Waals surface area contributed by atoms with Crippen LogP contribution in [0, 0.1) is 11.3 Å². The molecule has 2 N–H and O–H groups in total. The quantitative estimate of drug-likeness (QED) is 0.669. The van der Waals surface area contributed by atoms with E-state index < -0.39 is 0 Å². The minimum atomic E-state index is 0.675. The Bertz CT molecular complexity index is 927. The van der Waals surface area contributed by atoms with Gasteiger partial charge in [-0.15, -0.1) is 0 Å². The van der Waals surface area contributed by atoms with E-state index in [1.165, 1.54) is 5.56 Å². The predicted octanol–water partition coefficient (Wildman–Crippen LogP) is 4.89. The summed E-state index contributed by atoms with van der Waals surface area (Å²) >= 11 is 0. The second-order valence-electron chi connectivity index (χ2n) is 5.87. The molecule has 0 saturated carbocycles. The van der Waals surface area contributed by atoms with Crippen molar-refractivity contribution in [1.82, 2.24) is 0 Å². The first-order valence-electron chi connectivity index (χ1n) is 8.43. The maximum atomic E-state index is 9.32. The van der Waals surface area contributed by atoms with Crippen molar-refractivity contribution in [2.75, 3.05) is 24.8 Å². The van der Waals surface area contributed by atoms with Gasteiger partial charge in [-0.1, -0.05) is 36.4 Å². The van der Waals surface area contributed by atoms with Gasteiger partial charge in [0.05, 0.1) is 30.1 Å². The third-order valence-electron chi connectivity index (χ3n) is 4.29. The summed E-state index contributed by atoms with van der Waals surface area (Å²) in [6.07, 6.45) is 0.